The smallest absolute Gasteiger partial charge is 0.0216 e. The van der Waals surface area contributed by atoms with Crippen LogP contribution in [0, 0.1) is 5.92 Å². The number of hydrogen-bond acceptors (Lipinski definition) is 2. The van der Waals surface area contributed by atoms with E-state index in [0.29, 0.717) is 6.04 Å². The van der Waals surface area contributed by atoms with Gasteiger partial charge in [0.05, 0.1) is 0 Å². The lowest BCUT2D eigenvalue weighted by Crippen LogP contribution is -2.36. The van der Waals surface area contributed by atoms with E-state index in [1.54, 1.807) is 0 Å². The van der Waals surface area contributed by atoms with Crippen molar-refractivity contribution >= 4 is 0 Å². The summed E-state index contributed by atoms with van der Waals surface area (Å²) < 4.78 is 0. The van der Waals surface area contributed by atoms with Gasteiger partial charge in [-0.15, -0.1) is 6.58 Å². The Morgan fingerprint density at radius 3 is 2.64 bits per heavy atom. The van der Waals surface area contributed by atoms with Gasteiger partial charge in [0.1, 0.15) is 0 Å². The minimum Gasteiger partial charge on any atom is -0.271 e. The lowest BCUT2D eigenvalue weighted by molar-refractivity contribution is 0.293. The first kappa shape index (κ1) is 11.7. The van der Waals surface area contributed by atoms with Crippen molar-refractivity contribution in [3.63, 3.8) is 0 Å². The molecular formula is C12H24N2. The van der Waals surface area contributed by atoms with Gasteiger partial charge < -0.3 is 0 Å². The van der Waals surface area contributed by atoms with Gasteiger partial charge in [-0.1, -0.05) is 38.2 Å². The van der Waals surface area contributed by atoms with Crippen LogP contribution in [0.3, 0.4) is 0 Å². The molecule has 1 saturated carbocycles. The lowest BCUT2D eigenvalue weighted by Gasteiger charge is -2.25. The van der Waals surface area contributed by atoms with E-state index < -0.39 is 0 Å². The number of hydrogen-bond donors (Lipinski definition) is 2. The zero-order valence-corrected chi connectivity index (χ0v) is 9.17. The predicted octanol–water partition coefficient (Wildman–Crippen LogP) is 2.75. The van der Waals surface area contributed by atoms with E-state index in [4.69, 9.17) is 5.84 Å². The maximum absolute atomic E-state index is 5.55. The molecule has 1 atom stereocenters. The zero-order valence-electron chi connectivity index (χ0n) is 9.17. The predicted molar refractivity (Wildman–Crippen MR) is 61.7 cm³/mol. The van der Waals surface area contributed by atoms with E-state index in [1.807, 2.05) is 6.08 Å². The summed E-state index contributed by atoms with van der Waals surface area (Å²) in [6.07, 6.45) is 12.5. The van der Waals surface area contributed by atoms with E-state index >= 15 is 0 Å². The van der Waals surface area contributed by atoms with Gasteiger partial charge in [-0.3, -0.25) is 11.3 Å². The Balaban J connectivity index is 2.19. The highest BCUT2D eigenvalue weighted by atomic mass is 15.2. The quantitative estimate of drug-likeness (QED) is 0.389. The highest BCUT2D eigenvalue weighted by molar-refractivity contribution is 4.76. The fourth-order valence-electron chi connectivity index (χ4n) is 2.41. The van der Waals surface area contributed by atoms with Crippen LogP contribution in [0.25, 0.3) is 0 Å². The fourth-order valence-corrected chi connectivity index (χ4v) is 2.41. The molecule has 0 heterocycles. The molecule has 0 bridgehead atoms. The van der Waals surface area contributed by atoms with E-state index in [9.17, 15) is 0 Å². The average Bonchev–Trinajstić information content (AvgIpc) is 2.25. The molecule has 1 aliphatic carbocycles. The van der Waals surface area contributed by atoms with Gasteiger partial charge in [-0.05, 0) is 25.2 Å². The summed E-state index contributed by atoms with van der Waals surface area (Å²) in [6.45, 7) is 3.75. The Hall–Kier alpha value is -0.340. The molecule has 3 N–H and O–H groups in total. The average molecular weight is 196 g/mol. The minimum absolute atomic E-state index is 0.496. The molecule has 1 aliphatic rings. The van der Waals surface area contributed by atoms with Crippen molar-refractivity contribution in [2.24, 2.45) is 11.8 Å². The first-order valence-corrected chi connectivity index (χ1v) is 5.94. The van der Waals surface area contributed by atoms with Gasteiger partial charge in [-0.2, -0.15) is 0 Å². The second-order valence-corrected chi connectivity index (χ2v) is 4.47. The van der Waals surface area contributed by atoms with E-state index in [1.165, 1.54) is 38.5 Å². The molecule has 2 nitrogen and oxygen atoms in total. The Morgan fingerprint density at radius 2 is 2.07 bits per heavy atom. The third-order valence-electron chi connectivity index (χ3n) is 3.30. The van der Waals surface area contributed by atoms with Crippen LogP contribution in [-0.4, -0.2) is 6.04 Å². The second kappa shape index (κ2) is 7.02. The summed E-state index contributed by atoms with van der Waals surface area (Å²) in [6, 6.07) is 0.496. The summed E-state index contributed by atoms with van der Waals surface area (Å²) in [5, 5.41) is 0. The van der Waals surface area contributed by atoms with Crippen LogP contribution in [0.4, 0.5) is 0 Å². The Labute approximate surface area is 87.9 Å². The van der Waals surface area contributed by atoms with Gasteiger partial charge in [0, 0.05) is 6.04 Å². The van der Waals surface area contributed by atoms with Crippen LogP contribution in [0.1, 0.15) is 51.4 Å². The Bertz CT molecular complexity index is 150. The van der Waals surface area contributed by atoms with Crippen LogP contribution in [0.5, 0.6) is 0 Å². The van der Waals surface area contributed by atoms with Gasteiger partial charge in [0.2, 0.25) is 0 Å². The van der Waals surface area contributed by atoms with Crippen LogP contribution in [0.2, 0.25) is 0 Å². The van der Waals surface area contributed by atoms with E-state index in [0.717, 1.165) is 18.8 Å². The number of allylic oxidation sites excluding steroid dienone is 1. The number of rotatable bonds is 6. The van der Waals surface area contributed by atoms with Crippen molar-refractivity contribution in [1.29, 1.82) is 0 Å². The third kappa shape index (κ3) is 4.25. The van der Waals surface area contributed by atoms with E-state index in [2.05, 4.69) is 12.0 Å². The molecule has 14 heavy (non-hydrogen) atoms. The van der Waals surface area contributed by atoms with Gasteiger partial charge in [0.25, 0.3) is 0 Å². The maximum Gasteiger partial charge on any atom is 0.0216 e. The third-order valence-corrected chi connectivity index (χ3v) is 3.30. The van der Waals surface area contributed by atoms with Crippen molar-refractivity contribution in [1.82, 2.24) is 5.43 Å². The standard InChI is InChI=1S/C12H24N2/c1-2-3-9-12(14-13)10-11-7-5-4-6-8-11/h2,11-12,14H,1,3-10,13H2. The Morgan fingerprint density at radius 1 is 1.36 bits per heavy atom. The highest BCUT2D eigenvalue weighted by Crippen LogP contribution is 2.27. The molecule has 0 spiro atoms. The molecule has 0 aromatic carbocycles. The number of nitrogens with two attached hydrogens (primary N) is 1. The van der Waals surface area contributed by atoms with Crippen molar-refractivity contribution < 1.29 is 0 Å². The molecule has 1 rings (SSSR count). The highest BCUT2D eigenvalue weighted by Gasteiger charge is 2.17. The molecule has 1 fully saturated rings. The summed E-state index contributed by atoms with van der Waals surface area (Å²) in [5.41, 5.74) is 2.94. The van der Waals surface area contributed by atoms with E-state index in [-0.39, 0.29) is 0 Å². The fraction of sp³-hybridized carbons (Fsp3) is 0.833. The van der Waals surface area contributed by atoms with Crippen molar-refractivity contribution in [3.8, 4) is 0 Å². The van der Waals surface area contributed by atoms with Crippen molar-refractivity contribution in [3.05, 3.63) is 12.7 Å². The molecule has 1 unspecified atom stereocenters. The maximum atomic E-state index is 5.55. The normalized spacial score (nSPS) is 20.6. The molecule has 0 aromatic rings. The summed E-state index contributed by atoms with van der Waals surface area (Å²) in [7, 11) is 0. The summed E-state index contributed by atoms with van der Waals surface area (Å²) >= 11 is 0. The molecular weight excluding hydrogens is 172 g/mol. The molecule has 0 aliphatic heterocycles. The molecule has 2 heteroatoms. The Kier molecular flexibility index (Phi) is 5.88. The lowest BCUT2D eigenvalue weighted by atomic mass is 9.84. The van der Waals surface area contributed by atoms with Crippen LogP contribution < -0.4 is 11.3 Å². The molecule has 0 amide bonds. The van der Waals surface area contributed by atoms with Crippen LogP contribution in [-0.2, 0) is 0 Å². The molecule has 82 valence electrons. The van der Waals surface area contributed by atoms with Crippen molar-refractivity contribution in [2.75, 3.05) is 0 Å². The van der Waals surface area contributed by atoms with Crippen molar-refractivity contribution in [2.45, 2.75) is 57.4 Å². The SMILES string of the molecule is C=CCCC(CC1CCCCC1)NN. The first-order chi connectivity index (χ1) is 6.86. The van der Waals surface area contributed by atoms with Gasteiger partial charge in [0.15, 0.2) is 0 Å². The first-order valence-electron chi connectivity index (χ1n) is 5.94. The summed E-state index contributed by atoms with van der Waals surface area (Å²) in [4.78, 5) is 0. The molecule has 0 saturated heterocycles. The van der Waals surface area contributed by atoms with Gasteiger partial charge >= 0.3 is 0 Å². The zero-order chi connectivity index (χ0) is 10.2. The van der Waals surface area contributed by atoms with Gasteiger partial charge in [-0.25, -0.2) is 0 Å². The largest absolute Gasteiger partial charge is 0.271 e. The molecule has 0 radical (unpaired) electrons. The second-order valence-electron chi connectivity index (χ2n) is 4.47. The number of hydrazine groups is 1. The van der Waals surface area contributed by atoms with Crippen LogP contribution in [0.15, 0.2) is 12.7 Å². The molecule has 0 aromatic heterocycles. The topological polar surface area (TPSA) is 38.0 Å². The monoisotopic (exact) mass is 196 g/mol. The summed E-state index contributed by atoms with van der Waals surface area (Å²) in [5.74, 6) is 6.46. The van der Waals surface area contributed by atoms with Crippen LogP contribution >= 0.6 is 0 Å². The minimum atomic E-state index is 0.496. The number of nitrogens with one attached hydrogen (secondary N) is 1.